The standard InChI is InChI=1S/C15H23NO2/c1-12-3-2-8-16(15(12)11-18)9-13-4-6-14(10-17)7-5-13/h4-7,12,15,17-18H,2-3,8-11H2,1H3. The number of rotatable bonds is 4. The fourth-order valence-electron chi connectivity index (χ4n) is 2.81. The first-order valence-electron chi connectivity index (χ1n) is 6.78. The summed E-state index contributed by atoms with van der Waals surface area (Å²) in [6, 6.07) is 8.36. The topological polar surface area (TPSA) is 43.7 Å². The van der Waals surface area contributed by atoms with Gasteiger partial charge in [0, 0.05) is 12.6 Å². The quantitative estimate of drug-likeness (QED) is 0.854. The lowest BCUT2D eigenvalue weighted by atomic mass is 9.91. The number of likely N-dealkylation sites (tertiary alicyclic amines) is 1. The van der Waals surface area contributed by atoms with Gasteiger partial charge in [0.05, 0.1) is 13.2 Å². The predicted molar refractivity (Wildman–Crippen MR) is 72.0 cm³/mol. The minimum atomic E-state index is 0.0975. The van der Waals surface area contributed by atoms with Crippen molar-refractivity contribution in [2.24, 2.45) is 5.92 Å². The van der Waals surface area contributed by atoms with E-state index in [0.717, 1.165) is 18.7 Å². The van der Waals surface area contributed by atoms with Crippen LogP contribution in [0.5, 0.6) is 0 Å². The smallest absolute Gasteiger partial charge is 0.0681 e. The van der Waals surface area contributed by atoms with Crippen LogP contribution in [0.4, 0.5) is 0 Å². The average molecular weight is 249 g/mol. The van der Waals surface area contributed by atoms with Crippen LogP contribution in [0.25, 0.3) is 0 Å². The molecule has 100 valence electrons. The molecule has 0 amide bonds. The highest BCUT2D eigenvalue weighted by Crippen LogP contribution is 2.24. The Morgan fingerprint density at radius 2 is 1.83 bits per heavy atom. The average Bonchev–Trinajstić information content (AvgIpc) is 2.40. The van der Waals surface area contributed by atoms with E-state index in [2.05, 4.69) is 24.0 Å². The summed E-state index contributed by atoms with van der Waals surface area (Å²) < 4.78 is 0. The van der Waals surface area contributed by atoms with Gasteiger partial charge in [-0.05, 0) is 36.4 Å². The molecule has 1 aliphatic rings. The lowest BCUT2D eigenvalue weighted by Crippen LogP contribution is -2.45. The first-order valence-corrected chi connectivity index (χ1v) is 6.78. The molecule has 0 saturated carbocycles. The van der Waals surface area contributed by atoms with E-state index in [1.54, 1.807) is 0 Å². The zero-order valence-electron chi connectivity index (χ0n) is 11.0. The molecule has 3 heteroatoms. The maximum absolute atomic E-state index is 9.52. The van der Waals surface area contributed by atoms with Gasteiger partial charge < -0.3 is 10.2 Å². The summed E-state index contributed by atoms with van der Waals surface area (Å²) in [5.41, 5.74) is 2.20. The van der Waals surface area contributed by atoms with Crippen molar-refractivity contribution in [3.05, 3.63) is 35.4 Å². The number of hydrogen-bond acceptors (Lipinski definition) is 3. The van der Waals surface area contributed by atoms with Crippen LogP contribution in [0.2, 0.25) is 0 Å². The molecular formula is C15H23NO2. The SMILES string of the molecule is CC1CCCN(Cc2ccc(CO)cc2)C1CO. The number of nitrogens with zero attached hydrogens (tertiary/aromatic N) is 1. The van der Waals surface area contributed by atoms with E-state index in [4.69, 9.17) is 5.11 Å². The fraction of sp³-hybridized carbons (Fsp3) is 0.600. The summed E-state index contributed by atoms with van der Waals surface area (Å²) >= 11 is 0. The highest BCUT2D eigenvalue weighted by atomic mass is 16.3. The van der Waals surface area contributed by atoms with E-state index in [-0.39, 0.29) is 19.3 Å². The van der Waals surface area contributed by atoms with E-state index in [1.165, 1.54) is 18.4 Å². The Kier molecular flexibility index (Phi) is 4.75. The molecule has 1 heterocycles. The number of hydrogen-bond donors (Lipinski definition) is 2. The Morgan fingerprint density at radius 1 is 1.17 bits per heavy atom. The lowest BCUT2D eigenvalue weighted by molar-refractivity contribution is 0.0472. The van der Waals surface area contributed by atoms with E-state index < -0.39 is 0 Å². The molecule has 1 fully saturated rings. The van der Waals surface area contributed by atoms with Gasteiger partial charge in [-0.1, -0.05) is 31.2 Å². The lowest BCUT2D eigenvalue weighted by Gasteiger charge is -2.39. The molecule has 1 aromatic rings. The van der Waals surface area contributed by atoms with Crippen LogP contribution in [-0.4, -0.2) is 34.3 Å². The minimum absolute atomic E-state index is 0.0975. The molecule has 1 saturated heterocycles. The van der Waals surface area contributed by atoms with Gasteiger partial charge in [0.1, 0.15) is 0 Å². The third kappa shape index (κ3) is 3.10. The van der Waals surface area contributed by atoms with Crippen molar-refractivity contribution in [1.29, 1.82) is 0 Å². The predicted octanol–water partition coefficient (Wildman–Crippen LogP) is 1.77. The van der Waals surface area contributed by atoms with Gasteiger partial charge in [0.15, 0.2) is 0 Å². The van der Waals surface area contributed by atoms with Crippen molar-refractivity contribution in [2.75, 3.05) is 13.2 Å². The van der Waals surface area contributed by atoms with Gasteiger partial charge in [-0.2, -0.15) is 0 Å². The van der Waals surface area contributed by atoms with E-state index in [0.29, 0.717) is 5.92 Å². The van der Waals surface area contributed by atoms with E-state index >= 15 is 0 Å². The summed E-state index contributed by atoms with van der Waals surface area (Å²) in [4.78, 5) is 2.38. The maximum Gasteiger partial charge on any atom is 0.0681 e. The molecule has 0 aromatic heterocycles. The van der Waals surface area contributed by atoms with Gasteiger partial charge in [0.25, 0.3) is 0 Å². The molecule has 0 bridgehead atoms. The Labute approximate surface area is 109 Å². The molecule has 1 aliphatic heterocycles. The van der Waals surface area contributed by atoms with Crippen molar-refractivity contribution in [3.8, 4) is 0 Å². The third-order valence-electron chi connectivity index (χ3n) is 4.01. The maximum atomic E-state index is 9.52. The second-order valence-electron chi connectivity index (χ2n) is 5.31. The van der Waals surface area contributed by atoms with Crippen LogP contribution < -0.4 is 0 Å². The molecular weight excluding hydrogens is 226 g/mol. The summed E-state index contributed by atoms with van der Waals surface area (Å²) in [5.74, 6) is 0.570. The van der Waals surface area contributed by atoms with Crippen LogP contribution >= 0.6 is 0 Å². The monoisotopic (exact) mass is 249 g/mol. The minimum Gasteiger partial charge on any atom is -0.395 e. The van der Waals surface area contributed by atoms with Crippen molar-refractivity contribution in [2.45, 2.75) is 39.0 Å². The van der Waals surface area contributed by atoms with Crippen LogP contribution in [0.1, 0.15) is 30.9 Å². The van der Waals surface area contributed by atoms with Crippen LogP contribution in [0, 0.1) is 5.92 Å². The second kappa shape index (κ2) is 6.32. The number of benzene rings is 1. The second-order valence-corrected chi connectivity index (χ2v) is 5.31. The molecule has 2 unspecified atom stereocenters. The van der Waals surface area contributed by atoms with Crippen molar-refractivity contribution in [3.63, 3.8) is 0 Å². The van der Waals surface area contributed by atoms with Crippen LogP contribution in [-0.2, 0) is 13.2 Å². The van der Waals surface area contributed by atoms with Gasteiger partial charge in [0.2, 0.25) is 0 Å². The van der Waals surface area contributed by atoms with Crippen LogP contribution in [0.15, 0.2) is 24.3 Å². The number of aliphatic hydroxyl groups is 2. The summed E-state index contributed by atoms with van der Waals surface area (Å²) in [7, 11) is 0. The highest BCUT2D eigenvalue weighted by Gasteiger charge is 2.27. The largest absolute Gasteiger partial charge is 0.395 e. The number of piperidine rings is 1. The number of aliphatic hydroxyl groups excluding tert-OH is 2. The van der Waals surface area contributed by atoms with Gasteiger partial charge in [-0.15, -0.1) is 0 Å². The highest BCUT2D eigenvalue weighted by molar-refractivity contribution is 5.22. The molecule has 2 N–H and O–H groups in total. The van der Waals surface area contributed by atoms with Crippen molar-refractivity contribution >= 4 is 0 Å². The fourth-order valence-corrected chi connectivity index (χ4v) is 2.81. The Morgan fingerprint density at radius 3 is 2.44 bits per heavy atom. The first-order chi connectivity index (χ1) is 8.74. The molecule has 0 aliphatic carbocycles. The van der Waals surface area contributed by atoms with Gasteiger partial charge in [-0.25, -0.2) is 0 Å². The van der Waals surface area contributed by atoms with Crippen LogP contribution in [0.3, 0.4) is 0 Å². The molecule has 3 nitrogen and oxygen atoms in total. The molecule has 2 atom stereocenters. The normalized spacial score (nSPS) is 25.3. The molecule has 18 heavy (non-hydrogen) atoms. The first kappa shape index (κ1) is 13.5. The van der Waals surface area contributed by atoms with E-state index in [1.807, 2.05) is 12.1 Å². The third-order valence-corrected chi connectivity index (χ3v) is 4.01. The zero-order chi connectivity index (χ0) is 13.0. The summed E-state index contributed by atoms with van der Waals surface area (Å²) in [6.07, 6.45) is 2.43. The Bertz CT molecular complexity index is 363. The zero-order valence-corrected chi connectivity index (χ0v) is 11.0. The Balaban J connectivity index is 2.02. The van der Waals surface area contributed by atoms with Crippen molar-refractivity contribution in [1.82, 2.24) is 4.90 Å². The summed E-state index contributed by atoms with van der Waals surface area (Å²) in [6.45, 7) is 4.52. The van der Waals surface area contributed by atoms with E-state index in [9.17, 15) is 5.11 Å². The molecule has 0 radical (unpaired) electrons. The molecule has 0 spiro atoms. The summed E-state index contributed by atoms with van der Waals surface area (Å²) in [5, 5.41) is 18.5. The van der Waals surface area contributed by atoms with Gasteiger partial charge >= 0.3 is 0 Å². The molecule has 2 rings (SSSR count). The molecule has 1 aromatic carbocycles. The van der Waals surface area contributed by atoms with Crippen molar-refractivity contribution < 1.29 is 10.2 Å². The van der Waals surface area contributed by atoms with Gasteiger partial charge in [-0.3, -0.25) is 4.90 Å². The Hall–Kier alpha value is -0.900.